The van der Waals surface area contributed by atoms with Crippen molar-refractivity contribution in [2.75, 3.05) is 24.5 Å². The van der Waals surface area contributed by atoms with E-state index < -0.39 is 14.9 Å². The lowest BCUT2D eigenvalue weighted by atomic mass is 10.2. The van der Waals surface area contributed by atoms with Crippen molar-refractivity contribution in [1.29, 1.82) is 0 Å². The second-order valence-electron chi connectivity index (χ2n) is 6.12. The van der Waals surface area contributed by atoms with E-state index in [1.54, 1.807) is 36.4 Å². The molecule has 1 aliphatic rings. The Bertz CT molecular complexity index is 921. The zero-order valence-corrected chi connectivity index (χ0v) is 15.7. The normalized spacial score (nSPS) is 18.7. The smallest absolute Gasteiger partial charge is 0.271 e. The van der Waals surface area contributed by atoms with Gasteiger partial charge >= 0.3 is 0 Å². The summed E-state index contributed by atoms with van der Waals surface area (Å²) in [7, 11) is -3.56. The number of piperazine rings is 1. The van der Waals surface area contributed by atoms with Crippen molar-refractivity contribution in [2.45, 2.75) is 17.9 Å². The molecule has 0 spiro atoms. The largest absolute Gasteiger partial charge is 0.367 e. The Morgan fingerprint density at radius 3 is 2.42 bits per heavy atom. The van der Waals surface area contributed by atoms with Crippen molar-refractivity contribution in [3.8, 4) is 0 Å². The molecular formula is C17H18ClN3O4S. The van der Waals surface area contributed by atoms with Gasteiger partial charge in [-0.15, -0.1) is 0 Å². The molecule has 3 rings (SSSR count). The third-order valence-electron chi connectivity index (χ3n) is 4.40. The summed E-state index contributed by atoms with van der Waals surface area (Å²) in [6.45, 7) is 3.05. The number of sulfonamides is 1. The fourth-order valence-electron chi connectivity index (χ4n) is 3.11. The van der Waals surface area contributed by atoms with Gasteiger partial charge in [-0.3, -0.25) is 10.1 Å². The quantitative estimate of drug-likeness (QED) is 0.586. The first kappa shape index (κ1) is 18.6. The maximum Gasteiger partial charge on any atom is 0.271 e. The van der Waals surface area contributed by atoms with E-state index in [-0.39, 0.29) is 21.6 Å². The van der Waals surface area contributed by atoms with E-state index in [0.29, 0.717) is 25.3 Å². The Balaban J connectivity index is 1.80. The zero-order chi connectivity index (χ0) is 18.9. The van der Waals surface area contributed by atoms with Gasteiger partial charge in [-0.1, -0.05) is 29.8 Å². The van der Waals surface area contributed by atoms with Crippen LogP contribution in [0.5, 0.6) is 0 Å². The van der Waals surface area contributed by atoms with Crippen LogP contribution in [0.1, 0.15) is 6.92 Å². The van der Waals surface area contributed by atoms with Gasteiger partial charge in [0.2, 0.25) is 10.0 Å². The number of hydrogen-bond donors (Lipinski definition) is 0. The molecule has 1 atom stereocenters. The fourth-order valence-corrected chi connectivity index (χ4v) is 5.04. The summed E-state index contributed by atoms with van der Waals surface area (Å²) in [5.41, 5.74) is 0.595. The Kier molecular flexibility index (Phi) is 5.17. The predicted molar refractivity (Wildman–Crippen MR) is 100 cm³/mol. The van der Waals surface area contributed by atoms with Gasteiger partial charge < -0.3 is 4.90 Å². The van der Waals surface area contributed by atoms with E-state index in [2.05, 4.69) is 0 Å². The third-order valence-corrected chi connectivity index (χ3v) is 6.73. The maximum atomic E-state index is 12.8. The number of nitrogens with zero attached hydrogens (tertiary/aromatic N) is 3. The summed E-state index contributed by atoms with van der Waals surface area (Å²) < 4.78 is 27.2. The number of rotatable bonds is 4. The molecule has 1 saturated heterocycles. The van der Waals surface area contributed by atoms with Crippen molar-refractivity contribution in [2.24, 2.45) is 0 Å². The van der Waals surface area contributed by atoms with Crippen molar-refractivity contribution in [1.82, 2.24) is 4.31 Å². The van der Waals surface area contributed by atoms with E-state index in [9.17, 15) is 18.5 Å². The van der Waals surface area contributed by atoms with E-state index >= 15 is 0 Å². The monoisotopic (exact) mass is 395 g/mol. The molecule has 26 heavy (non-hydrogen) atoms. The summed E-state index contributed by atoms with van der Waals surface area (Å²) in [6.07, 6.45) is 0. The van der Waals surface area contributed by atoms with Crippen LogP contribution >= 0.6 is 11.6 Å². The first-order chi connectivity index (χ1) is 12.3. The third kappa shape index (κ3) is 3.53. The van der Waals surface area contributed by atoms with E-state index in [0.717, 1.165) is 0 Å². The van der Waals surface area contributed by atoms with Crippen LogP contribution in [0.15, 0.2) is 53.4 Å². The zero-order valence-electron chi connectivity index (χ0n) is 14.1. The van der Waals surface area contributed by atoms with Crippen LogP contribution in [0.2, 0.25) is 5.02 Å². The second-order valence-corrected chi connectivity index (χ2v) is 8.41. The van der Waals surface area contributed by atoms with Gasteiger partial charge in [-0.2, -0.15) is 4.31 Å². The second kappa shape index (κ2) is 7.22. The minimum atomic E-state index is -3.56. The average molecular weight is 396 g/mol. The minimum absolute atomic E-state index is 0.0721. The highest BCUT2D eigenvalue weighted by molar-refractivity contribution is 7.89. The van der Waals surface area contributed by atoms with Crippen LogP contribution in [-0.2, 0) is 10.0 Å². The minimum Gasteiger partial charge on any atom is -0.367 e. The van der Waals surface area contributed by atoms with Gasteiger partial charge in [0, 0.05) is 37.8 Å². The first-order valence-electron chi connectivity index (χ1n) is 8.06. The molecule has 0 amide bonds. The summed E-state index contributed by atoms with van der Waals surface area (Å²) >= 11 is 6.20. The van der Waals surface area contributed by atoms with Crippen LogP contribution in [-0.4, -0.2) is 43.3 Å². The van der Waals surface area contributed by atoms with Crippen molar-refractivity contribution < 1.29 is 13.3 Å². The van der Waals surface area contributed by atoms with E-state index in [1.807, 2.05) is 11.8 Å². The van der Waals surface area contributed by atoms with Crippen LogP contribution < -0.4 is 4.90 Å². The number of halogens is 1. The first-order valence-corrected chi connectivity index (χ1v) is 9.88. The molecule has 1 fully saturated rings. The molecular weight excluding hydrogens is 378 g/mol. The van der Waals surface area contributed by atoms with Crippen molar-refractivity contribution >= 4 is 33.0 Å². The number of nitro benzene ring substituents is 1. The predicted octanol–water partition coefficient (Wildman–Crippen LogP) is 3.15. The molecule has 0 aliphatic carbocycles. The molecule has 1 aliphatic heterocycles. The summed E-state index contributed by atoms with van der Waals surface area (Å²) in [5, 5.41) is 11.1. The molecule has 0 bridgehead atoms. The molecule has 2 aromatic carbocycles. The molecule has 0 N–H and O–H groups in total. The molecule has 9 heteroatoms. The summed E-state index contributed by atoms with van der Waals surface area (Å²) in [5.74, 6) is 0. The van der Waals surface area contributed by atoms with Crippen molar-refractivity contribution in [3.63, 3.8) is 0 Å². The lowest BCUT2D eigenvalue weighted by Crippen LogP contribution is -2.54. The molecule has 0 aromatic heterocycles. The molecule has 0 radical (unpaired) electrons. The molecule has 138 valence electrons. The van der Waals surface area contributed by atoms with Gasteiger partial charge in [-0.25, -0.2) is 8.42 Å². The van der Waals surface area contributed by atoms with Gasteiger partial charge in [0.05, 0.1) is 20.5 Å². The van der Waals surface area contributed by atoms with Gasteiger partial charge in [-0.05, 0) is 25.1 Å². The Hall–Kier alpha value is -2.16. The number of nitro groups is 1. The highest BCUT2D eigenvalue weighted by Crippen LogP contribution is 2.32. The van der Waals surface area contributed by atoms with Gasteiger partial charge in [0.15, 0.2) is 0 Å². The summed E-state index contributed by atoms with van der Waals surface area (Å²) in [6, 6.07) is 12.4. The lowest BCUT2D eigenvalue weighted by molar-refractivity contribution is -0.384. The highest BCUT2D eigenvalue weighted by Gasteiger charge is 2.34. The van der Waals surface area contributed by atoms with Crippen LogP contribution in [0.25, 0.3) is 0 Å². The van der Waals surface area contributed by atoms with Crippen LogP contribution in [0.4, 0.5) is 11.4 Å². The number of hydrogen-bond acceptors (Lipinski definition) is 5. The fraction of sp³-hybridized carbons (Fsp3) is 0.294. The van der Waals surface area contributed by atoms with Gasteiger partial charge in [0.1, 0.15) is 0 Å². The number of non-ortho nitro benzene ring substituents is 1. The number of benzene rings is 2. The van der Waals surface area contributed by atoms with Crippen molar-refractivity contribution in [3.05, 3.63) is 63.7 Å². The SMILES string of the molecule is CC1CN(c2ccc([N+](=O)[O-])cc2Cl)CCN1S(=O)(=O)c1ccccc1. The Labute approximate surface area is 157 Å². The Morgan fingerprint density at radius 1 is 1.15 bits per heavy atom. The molecule has 7 nitrogen and oxygen atoms in total. The maximum absolute atomic E-state index is 12.8. The molecule has 2 aromatic rings. The molecule has 1 heterocycles. The van der Waals surface area contributed by atoms with Crippen LogP contribution in [0.3, 0.4) is 0 Å². The van der Waals surface area contributed by atoms with Gasteiger partial charge in [0.25, 0.3) is 5.69 Å². The van der Waals surface area contributed by atoms with E-state index in [1.165, 1.54) is 16.4 Å². The summed E-state index contributed by atoms with van der Waals surface area (Å²) in [4.78, 5) is 12.6. The average Bonchev–Trinajstić information content (AvgIpc) is 2.62. The highest BCUT2D eigenvalue weighted by atomic mass is 35.5. The molecule has 0 saturated carbocycles. The van der Waals surface area contributed by atoms with E-state index in [4.69, 9.17) is 11.6 Å². The number of anilines is 1. The topological polar surface area (TPSA) is 83.8 Å². The lowest BCUT2D eigenvalue weighted by Gasteiger charge is -2.40. The molecule has 1 unspecified atom stereocenters. The Morgan fingerprint density at radius 2 is 1.85 bits per heavy atom. The van der Waals surface area contributed by atoms with Crippen LogP contribution in [0, 0.1) is 10.1 Å². The standard InChI is InChI=1S/C17H18ClN3O4S/c1-13-12-19(17-8-7-14(21(22)23)11-16(17)18)9-10-20(13)26(24,25)15-5-3-2-4-6-15/h2-8,11,13H,9-10,12H2,1H3.